The summed E-state index contributed by atoms with van der Waals surface area (Å²) in [5.41, 5.74) is 2.41. The maximum atomic E-state index is 10.9. The summed E-state index contributed by atoms with van der Waals surface area (Å²) in [6.07, 6.45) is 0.988. The molecule has 0 unspecified atom stereocenters. The maximum Gasteiger partial charge on any atom is 0.335 e. The predicted octanol–water partition coefficient (Wildman–Crippen LogP) is 3.46. The highest BCUT2D eigenvalue weighted by Crippen LogP contribution is 2.13. The van der Waals surface area contributed by atoms with E-state index in [4.69, 9.17) is 9.84 Å². The van der Waals surface area contributed by atoms with Gasteiger partial charge in [-0.05, 0) is 41.8 Å². The van der Waals surface area contributed by atoms with E-state index in [1.165, 1.54) is 0 Å². The van der Waals surface area contributed by atoms with Crippen LogP contribution in [0.4, 0.5) is 0 Å². The smallest absolute Gasteiger partial charge is 0.335 e. The number of hydrogen-bond acceptors (Lipinski definition) is 3. The molecular formula is C18H21NO3. The molecule has 2 rings (SSSR count). The standard InChI is InChI=1S/C18H21NO3/c1-2-9-22-17-8-4-6-15(11-17)13-19-12-14-5-3-7-16(10-14)18(20)21/h3-8,10-11,19H,2,9,12-13H2,1H3,(H,20,21). The van der Waals surface area contributed by atoms with Crippen molar-refractivity contribution in [3.05, 3.63) is 65.2 Å². The Balaban J connectivity index is 1.88. The van der Waals surface area contributed by atoms with Crippen molar-refractivity contribution in [2.75, 3.05) is 6.61 Å². The van der Waals surface area contributed by atoms with Crippen molar-refractivity contribution >= 4 is 5.97 Å². The van der Waals surface area contributed by atoms with E-state index in [1.54, 1.807) is 18.2 Å². The van der Waals surface area contributed by atoms with E-state index >= 15 is 0 Å². The Morgan fingerprint density at radius 2 is 1.77 bits per heavy atom. The summed E-state index contributed by atoms with van der Waals surface area (Å²) < 4.78 is 5.61. The zero-order chi connectivity index (χ0) is 15.8. The van der Waals surface area contributed by atoms with Crippen LogP contribution in [0.15, 0.2) is 48.5 Å². The van der Waals surface area contributed by atoms with Crippen LogP contribution < -0.4 is 10.1 Å². The lowest BCUT2D eigenvalue weighted by molar-refractivity contribution is 0.0696. The van der Waals surface area contributed by atoms with Crippen molar-refractivity contribution in [3.8, 4) is 5.75 Å². The van der Waals surface area contributed by atoms with Gasteiger partial charge >= 0.3 is 5.97 Å². The number of carboxylic acids is 1. The monoisotopic (exact) mass is 299 g/mol. The summed E-state index contributed by atoms with van der Waals surface area (Å²) in [6, 6.07) is 15.0. The number of rotatable bonds is 8. The number of hydrogen-bond donors (Lipinski definition) is 2. The molecule has 116 valence electrons. The molecule has 0 aliphatic heterocycles. The first-order valence-electron chi connectivity index (χ1n) is 7.43. The van der Waals surface area contributed by atoms with Crippen molar-refractivity contribution in [1.82, 2.24) is 5.32 Å². The number of nitrogens with one attached hydrogen (secondary N) is 1. The van der Waals surface area contributed by atoms with Crippen LogP contribution in [0, 0.1) is 0 Å². The first-order chi connectivity index (χ1) is 10.7. The summed E-state index contributed by atoms with van der Waals surface area (Å²) in [7, 11) is 0. The largest absolute Gasteiger partial charge is 0.494 e. The third-order valence-corrected chi connectivity index (χ3v) is 3.20. The van der Waals surface area contributed by atoms with Gasteiger partial charge in [0.05, 0.1) is 12.2 Å². The quantitative estimate of drug-likeness (QED) is 0.783. The van der Waals surface area contributed by atoms with Crippen molar-refractivity contribution in [3.63, 3.8) is 0 Å². The fourth-order valence-corrected chi connectivity index (χ4v) is 2.13. The maximum absolute atomic E-state index is 10.9. The van der Waals surface area contributed by atoms with Crippen LogP contribution in [0.2, 0.25) is 0 Å². The van der Waals surface area contributed by atoms with Gasteiger partial charge in [-0.1, -0.05) is 31.2 Å². The molecule has 0 fully saturated rings. The highest BCUT2D eigenvalue weighted by molar-refractivity contribution is 5.87. The molecule has 0 aliphatic rings. The average molecular weight is 299 g/mol. The number of carboxylic acid groups (broad SMARTS) is 1. The van der Waals surface area contributed by atoms with Gasteiger partial charge in [0.1, 0.15) is 5.75 Å². The van der Waals surface area contributed by atoms with Gasteiger partial charge in [0.15, 0.2) is 0 Å². The normalized spacial score (nSPS) is 10.4. The second-order valence-corrected chi connectivity index (χ2v) is 5.10. The minimum atomic E-state index is -0.900. The Hall–Kier alpha value is -2.33. The van der Waals surface area contributed by atoms with Crippen molar-refractivity contribution in [2.24, 2.45) is 0 Å². The number of ether oxygens (including phenoxy) is 1. The van der Waals surface area contributed by atoms with Crippen molar-refractivity contribution < 1.29 is 14.6 Å². The molecule has 0 radical (unpaired) electrons. The van der Waals surface area contributed by atoms with Gasteiger partial charge in [-0.3, -0.25) is 0 Å². The molecule has 2 N–H and O–H groups in total. The minimum absolute atomic E-state index is 0.314. The lowest BCUT2D eigenvalue weighted by atomic mass is 10.1. The lowest BCUT2D eigenvalue weighted by Crippen LogP contribution is -2.13. The van der Waals surface area contributed by atoms with E-state index in [0.717, 1.165) is 29.9 Å². The molecule has 4 heteroatoms. The Kier molecular flexibility index (Phi) is 5.98. The van der Waals surface area contributed by atoms with Crippen LogP contribution in [-0.2, 0) is 13.1 Å². The molecule has 0 saturated heterocycles. The number of aromatic carboxylic acids is 1. The van der Waals surface area contributed by atoms with Gasteiger partial charge in [-0.2, -0.15) is 0 Å². The Morgan fingerprint density at radius 3 is 2.45 bits per heavy atom. The fraction of sp³-hybridized carbons (Fsp3) is 0.278. The second kappa shape index (κ2) is 8.20. The van der Waals surface area contributed by atoms with Gasteiger partial charge in [-0.15, -0.1) is 0 Å². The van der Waals surface area contributed by atoms with Crippen LogP contribution in [0.25, 0.3) is 0 Å². The highest BCUT2D eigenvalue weighted by atomic mass is 16.5. The van der Waals surface area contributed by atoms with E-state index in [-0.39, 0.29) is 0 Å². The van der Waals surface area contributed by atoms with Crippen LogP contribution in [0.5, 0.6) is 5.75 Å². The van der Waals surface area contributed by atoms with Gasteiger partial charge in [-0.25, -0.2) is 4.79 Å². The first-order valence-corrected chi connectivity index (χ1v) is 7.43. The van der Waals surface area contributed by atoms with E-state index in [2.05, 4.69) is 12.2 Å². The summed E-state index contributed by atoms with van der Waals surface area (Å²) >= 11 is 0. The molecule has 2 aromatic rings. The Morgan fingerprint density at radius 1 is 1.09 bits per heavy atom. The molecule has 0 amide bonds. The molecule has 0 spiro atoms. The molecule has 22 heavy (non-hydrogen) atoms. The van der Waals surface area contributed by atoms with E-state index in [0.29, 0.717) is 18.7 Å². The minimum Gasteiger partial charge on any atom is -0.494 e. The average Bonchev–Trinajstić information content (AvgIpc) is 2.53. The topological polar surface area (TPSA) is 58.6 Å². The molecular weight excluding hydrogens is 278 g/mol. The zero-order valence-corrected chi connectivity index (χ0v) is 12.7. The molecule has 0 atom stereocenters. The fourth-order valence-electron chi connectivity index (χ4n) is 2.13. The molecule has 0 saturated carbocycles. The van der Waals surface area contributed by atoms with Gasteiger partial charge in [0.2, 0.25) is 0 Å². The number of benzene rings is 2. The second-order valence-electron chi connectivity index (χ2n) is 5.10. The Labute approximate surface area is 130 Å². The van der Waals surface area contributed by atoms with Gasteiger partial charge in [0.25, 0.3) is 0 Å². The van der Waals surface area contributed by atoms with E-state index in [1.807, 2.05) is 30.3 Å². The van der Waals surface area contributed by atoms with Crippen LogP contribution >= 0.6 is 0 Å². The number of carbonyl (C=O) groups is 1. The van der Waals surface area contributed by atoms with Gasteiger partial charge < -0.3 is 15.2 Å². The molecule has 0 heterocycles. The van der Waals surface area contributed by atoms with Gasteiger partial charge in [0, 0.05) is 13.1 Å². The van der Waals surface area contributed by atoms with Crippen LogP contribution in [0.3, 0.4) is 0 Å². The van der Waals surface area contributed by atoms with E-state index in [9.17, 15) is 4.79 Å². The summed E-state index contributed by atoms with van der Waals surface area (Å²) in [5.74, 6) is -0.0170. The molecule has 0 aromatic heterocycles. The summed E-state index contributed by atoms with van der Waals surface area (Å²) in [5, 5.41) is 12.3. The van der Waals surface area contributed by atoms with Crippen molar-refractivity contribution in [1.29, 1.82) is 0 Å². The SMILES string of the molecule is CCCOc1cccc(CNCc2cccc(C(=O)O)c2)c1. The molecule has 0 bridgehead atoms. The van der Waals surface area contributed by atoms with E-state index < -0.39 is 5.97 Å². The third-order valence-electron chi connectivity index (χ3n) is 3.20. The summed E-state index contributed by atoms with van der Waals surface area (Å²) in [4.78, 5) is 10.9. The Bertz CT molecular complexity index is 625. The molecule has 2 aromatic carbocycles. The highest BCUT2D eigenvalue weighted by Gasteiger charge is 2.03. The predicted molar refractivity (Wildman–Crippen MR) is 86.2 cm³/mol. The summed E-state index contributed by atoms with van der Waals surface area (Å²) in [6.45, 7) is 4.14. The zero-order valence-electron chi connectivity index (χ0n) is 12.7. The first kappa shape index (κ1) is 16.0. The van der Waals surface area contributed by atoms with Crippen LogP contribution in [0.1, 0.15) is 34.8 Å². The molecule has 4 nitrogen and oxygen atoms in total. The van der Waals surface area contributed by atoms with Crippen LogP contribution in [-0.4, -0.2) is 17.7 Å². The molecule has 0 aliphatic carbocycles. The van der Waals surface area contributed by atoms with Crippen molar-refractivity contribution in [2.45, 2.75) is 26.4 Å². The lowest BCUT2D eigenvalue weighted by Gasteiger charge is -2.09. The third kappa shape index (κ3) is 4.90.